The van der Waals surface area contributed by atoms with Crippen molar-refractivity contribution in [1.29, 1.82) is 0 Å². The molecule has 22 heavy (non-hydrogen) atoms. The molecule has 0 aliphatic heterocycles. The average Bonchev–Trinajstić information content (AvgIpc) is 2.45. The molecule has 0 atom stereocenters. The fourth-order valence-corrected chi connectivity index (χ4v) is 2.04. The number of alkyl halides is 3. The van der Waals surface area contributed by atoms with Crippen molar-refractivity contribution in [2.75, 3.05) is 11.9 Å². The topological polar surface area (TPSA) is 33.2 Å². The zero-order valence-electron chi connectivity index (χ0n) is 11.2. The highest BCUT2D eigenvalue weighted by molar-refractivity contribution is 6.30. The van der Waals surface area contributed by atoms with E-state index < -0.39 is 17.6 Å². The SMILES string of the molecule is CN(C(=O)c1ccc(Cl)cc1)c1cc(C(F)(F)F)cc(Cl)n1. The normalized spacial score (nSPS) is 11.4. The Morgan fingerprint density at radius 3 is 2.27 bits per heavy atom. The number of benzene rings is 1. The van der Waals surface area contributed by atoms with Crippen molar-refractivity contribution >= 4 is 34.9 Å². The molecule has 0 radical (unpaired) electrons. The van der Waals surface area contributed by atoms with Crippen LogP contribution in [0.15, 0.2) is 36.4 Å². The molecule has 0 aliphatic rings. The predicted octanol–water partition coefficient (Wildman–Crippen LogP) is 4.68. The summed E-state index contributed by atoms with van der Waals surface area (Å²) in [5.41, 5.74) is -0.708. The molecule has 0 unspecified atom stereocenters. The summed E-state index contributed by atoms with van der Waals surface area (Å²) >= 11 is 11.3. The van der Waals surface area contributed by atoms with Gasteiger partial charge in [0.05, 0.1) is 5.56 Å². The van der Waals surface area contributed by atoms with E-state index in [1.54, 1.807) is 0 Å². The Hall–Kier alpha value is -1.79. The van der Waals surface area contributed by atoms with Gasteiger partial charge in [0.2, 0.25) is 0 Å². The number of carbonyl (C=O) groups excluding carboxylic acids is 1. The maximum atomic E-state index is 12.8. The second-order valence-corrected chi connectivity index (χ2v) is 5.23. The molecule has 116 valence electrons. The number of amides is 1. The number of halogens is 5. The number of anilines is 1. The minimum Gasteiger partial charge on any atom is -0.296 e. The molecule has 0 saturated heterocycles. The van der Waals surface area contributed by atoms with Gasteiger partial charge in [0.15, 0.2) is 0 Å². The molecule has 0 bridgehead atoms. The van der Waals surface area contributed by atoms with E-state index in [1.165, 1.54) is 31.3 Å². The van der Waals surface area contributed by atoms with Gasteiger partial charge >= 0.3 is 6.18 Å². The smallest absolute Gasteiger partial charge is 0.296 e. The lowest BCUT2D eigenvalue weighted by atomic mass is 10.2. The zero-order chi connectivity index (χ0) is 16.5. The van der Waals surface area contributed by atoms with Crippen molar-refractivity contribution in [3.05, 3.63) is 57.7 Å². The van der Waals surface area contributed by atoms with Crippen molar-refractivity contribution in [3.8, 4) is 0 Å². The monoisotopic (exact) mass is 348 g/mol. The number of aromatic nitrogens is 1. The molecule has 1 heterocycles. The van der Waals surface area contributed by atoms with Gasteiger partial charge in [-0.3, -0.25) is 9.69 Å². The summed E-state index contributed by atoms with van der Waals surface area (Å²) in [6, 6.07) is 7.42. The van der Waals surface area contributed by atoms with Crippen LogP contribution in [0.2, 0.25) is 10.2 Å². The molecule has 2 aromatic rings. The number of rotatable bonds is 2. The Balaban J connectivity index is 2.36. The van der Waals surface area contributed by atoms with Gasteiger partial charge in [-0.1, -0.05) is 23.2 Å². The second-order valence-electron chi connectivity index (χ2n) is 4.41. The minimum absolute atomic E-state index is 0.195. The summed E-state index contributed by atoms with van der Waals surface area (Å²) in [7, 11) is 1.32. The highest BCUT2D eigenvalue weighted by Crippen LogP contribution is 2.32. The molecule has 0 fully saturated rings. The van der Waals surface area contributed by atoms with Crippen LogP contribution in [0.5, 0.6) is 0 Å². The van der Waals surface area contributed by atoms with E-state index in [-0.39, 0.29) is 16.5 Å². The summed E-state index contributed by atoms with van der Waals surface area (Å²) in [5.74, 6) is -0.723. The lowest BCUT2D eigenvalue weighted by Crippen LogP contribution is -2.27. The number of pyridine rings is 1. The first-order chi connectivity index (χ1) is 10.2. The third kappa shape index (κ3) is 3.69. The van der Waals surface area contributed by atoms with Crippen molar-refractivity contribution in [2.24, 2.45) is 0 Å². The van der Waals surface area contributed by atoms with Crippen molar-refractivity contribution in [2.45, 2.75) is 6.18 Å². The fourth-order valence-electron chi connectivity index (χ4n) is 1.71. The van der Waals surface area contributed by atoms with Gasteiger partial charge in [0.1, 0.15) is 11.0 Å². The lowest BCUT2D eigenvalue weighted by molar-refractivity contribution is -0.137. The van der Waals surface area contributed by atoms with E-state index in [2.05, 4.69) is 4.98 Å². The molecule has 0 spiro atoms. The van der Waals surface area contributed by atoms with Crippen LogP contribution in [0.3, 0.4) is 0 Å². The van der Waals surface area contributed by atoms with Crippen LogP contribution in [-0.2, 0) is 6.18 Å². The molecule has 8 heteroatoms. The second kappa shape index (κ2) is 6.14. The van der Waals surface area contributed by atoms with Gasteiger partial charge in [-0.05, 0) is 36.4 Å². The Morgan fingerprint density at radius 2 is 1.73 bits per heavy atom. The molecule has 3 nitrogen and oxygen atoms in total. The van der Waals surface area contributed by atoms with Crippen LogP contribution < -0.4 is 4.90 Å². The van der Waals surface area contributed by atoms with Crippen LogP contribution in [0.25, 0.3) is 0 Å². The van der Waals surface area contributed by atoms with Gasteiger partial charge in [-0.2, -0.15) is 13.2 Å². The first kappa shape index (κ1) is 16.6. The molecule has 0 aliphatic carbocycles. The van der Waals surface area contributed by atoms with E-state index in [0.29, 0.717) is 11.1 Å². The quantitative estimate of drug-likeness (QED) is 0.738. The van der Waals surface area contributed by atoms with Gasteiger partial charge < -0.3 is 0 Å². The molecule has 0 N–H and O–H groups in total. The molecule has 0 saturated carbocycles. The fraction of sp³-hybridized carbons (Fsp3) is 0.143. The van der Waals surface area contributed by atoms with Crippen molar-refractivity contribution < 1.29 is 18.0 Å². The van der Waals surface area contributed by atoms with E-state index in [4.69, 9.17) is 23.2 Å². The summed E-state index contributed by atoms with van der Waals surface area (Å²) < 4.78 is 38.3. The highest BCUT2D eigenvalue weighted by atomic mass is 35.5. The third-order valence-corrected chi connectivity index (χ3v) is 3.29. The number of nitrogens with zero attached hydrogens (tertiary/aromatic N) is 2. The van der Waals surface area contributed by atoms with E-state index in [9.17, 15) is 18.0 Å². The molecular formula is C14H9Cl2F3N2O. The summed E-state index contributed by atoms with van der Waals surface area (Å²) in [4.78, 5) is 17.0. The maximum absolute atomic E-state index is 12.8. The van der Waals surface area contributed by atoms with Crippen LogP contribution in [0.1, 0.15) is 15.9 Å². The summed E-state index contributed by atoms with van der Waals surface area (Å²) in [5, 5.41) is 0.0972. The van der Waals surface area contributed by atoms with Gasteiger partial charge in [-0.25, -0.2) is 4.98 Å². The van der Waals surface area contributed by atoms with E-state index >= 15 is 0 Å². The average molecular weight is 349 g/mol. The standard InChI is InChI=1S/C14H9Cl2F3N2O/c1-21(13(22)8-2-4-10(15)5-3-8)12-7-9(14(17,18)19)6-11(16)20-12/h2-7H,1H3. The number of hydrogen-bond acceptors (Lipinski definition) is 2. The van der Waals surface area contributed by atoms with E-state index in [1.807, 2.05) is 0 Å². The largest absolute Gasteiger partial charge is 0.416 e. The lowest BCUT2D eigenvalue weighted by Gasteiger charge is -2.18. The molecule has 1 aromatic heterocycles. The summed E-state index contributed by atoms with van der Waals surface area (Å²) in [6.07, 6.45) is -4.58. The van der Waals surface area contributed by atoms with Gasteiger partial charge in [0, 0.05) is 17.6 Å². The van der Waals surface area contributed by atoms with Crippen molar-refractivity contribution in [3.63, 3.8) is 0 Å². The van der Waals surface area contributed by atoms with Crippen LogP contribution in [0, 0.1) is 0 Å². The first-order valence-electron chi connectivity index (χ1n) is 5.97. The first-order valence-corrected chi connectivity index (χ1v) is 6.72. The van der Waals surface area contributed by atoms with E-state index in [0.717, 1.165) is 11.0 Å². The molecule has 2 rings (SSSR count). The Morgan fingerprint density at radius 1 is 1.14 bits per heavy atom. The summed E-state index contributed by atoms with van der Waals surface area (Å²) in [6.45, 7) is 0. The zero-order valence-corrected chi connectivity index (χ0v) is 12.7. The molecular weight excluding hydrogens is 340 g/mol. The van der Waals surface area contributed by atoms with Crippen LogP contribution in [0.4, 0.5) is 19.0 Å². The van der Waals surface area contributed by atoms with Crippen molar-refractivity contribution in [1.82, 2.24) is 4.98 Å². The Labute approximate surface area is 134 Å². The predicted molar refractivity (Wildman–Crippen MR) is 78.4 cm³/mol. The van der Waals surface area contributed by atoms with Gasteiger partial charge in [-0.15, -0.1) is 0 Å². The third-order valence-electron chi connectivity index (χ3n) is 2.85. The van der Waals surface area contributed by atoms with Crippen LogP contribution >= 0.6 is 23.2 Å². The van der Waals surface area contributed by atoms with Crippen LogP contribution in [-0.4, -0.2) is 17.9 Å². The Kier molecular flexibility index (Phi) is 4.63. The number of hydrogen-bond donors (Lipinski definition) is 0. The molecule has 1 amide bonds. The molecule has 1 aromatic carbocycles. The number of carbonyl (C=O) groups is 1. The highest BCUT2D eigenvalue weighted by Gasteiger charge is 2.32. The minimum atomic E-state index is -4.58. The maximum Gasteiger partial charge on any atom is 0.416 e. The Bertz CT molecular complexity index is 702. The van der Waals surface area contributed by atoms with Gasteiger partial charge in [0.25, 0.3) is 5.91 Å².